The average molecular weight is 553 g/mol. The summed E-state index contributed by atoms with van der Waals surface area (Å²) in [7, 11) is 3.55. The highest BCUT2D eigenvalue weighted by Gasteiger charge is 2.28. The molecule has 0 radical (unpaired) electrons. The Morgan fingerprint density at radius 3 is 2.66 bits per heavy atom. The second-order valence-electron chi connectivity index (χ2n) is 10.9. The summed E-state index contributed by atoms with van der Waals surface area (Å²) in [5, 5.41) is 15.0. The fourth-order valence-electron chi connectivity index (χ4n) is 5.86. The maximum atomic E-state index is 14.0. The number of anilines is 2. The van der Waals surface area contributed by atoms with Crippen LogP contribution in [0.5, 0.6) is 0 Å². The van der Waals surface area contributed by atoms with Crippen LogP contribution in [-0.2, 0) is 4.79 Å². The molecule has 0 saturated carbocycles. The molecule has 4 heterocycles. The van der Waals surface area contributed by atoms with Gasteiger partial charge in [-0.3, -0.25) is 9.69 Å². The molecule has 2 fully saturated rings. The minimum Gasteiger partial charge on any atom is -0.368 e. The Morgan fingerprint density at radius 1 is 1.07 bits per heavy atom. The van der Waals surface area contributed by atoms with Gasteiger partial charge in [0.2, 0.25) is 5.91 Å². The third kappa shape index (κ3) is 5.33. The summed E-state index contributed by atoms with van der Waals surface area (Å²) in [5.41, 5.74) is 4.83. The molecule has 2 aliphatic rings. The Morgan fingerprint density at radius 2 is 1.90 bits per heavy atom. The van der Waals surface area contributed by atoms with Gasteiger partial charge in [-0.05, 0) is 54.8 Å². The summed E-state index contributed by atoms with van der Waals surface area (Å²) in [4.78, 5) is 24.9. The molecule has 2 saturated heterocycles. The van der Waals surface area contributed by atoms with Crippen LogP contribution in [0.3, 0.4) is 0 Å². The standard InChI is InChI=1S/C31H33FN8O/c1-36(2)31(41)21-37-13-15-38(16-14-37)26-9-8-23(17-24(26)19-33)28-20-34-29-10-11-30(35-40(28)29)39-12-4-7-27(39)22-5-3-6-25(32)18-22/h3,5-6,8-11,17-18,20,27H,4,7,12-16,21H2,1-2H3. The normalized spacial score (nSPS) is 17.7. The molecule has 1 atom stereocenters. The predicted molar refractivity (Wildman–Crippen MR) is 156 cm³/mol. The summed E-state index contributed by atoms with van der Waals surface area (Å²) in [5.74, 6) is 0.679. The molecule has 2 aromatic heterocycles. The molecule has 2 aromatic carbocycles. The first-order valence-electron chi connectivity index (χ1n) is 14.0. The van der Waals surface area contributed by atoms with Crippen LogP contribution in [0.1, 0.15) is 30.0 Å². The van der Waals surface area contributed by atoms with Gasteiger partial charge < -0.3 is 14.7 Å². The van der Waals surface area contributed by atoms with Crippen molar-refractivity contribution in [3.63, 3.8) is 0 Å². The molecule has 6 rings (SSSR count). The van der Waals surface area contributed by atoms with Crippen molar-refractivity contribution in [2.45, 2.75) is 18.9 Å². The Balaban J connectivity index is 1.24. The third-order valence-electron chi connectivity index (χ3n) is 8.11. The molecule has 4 aromatic rings. The van der Waals surface area contributed by atoms with Crippen molar-refractivity contribution < 1.29 is 9.18 Å². The lowest BCUT2D eigenvalue weighted by molar-refractivity contribution is -0.129. The van der Waals surface area contributed by atoms with Gasteiger partial charge in [0.25, 0.3) is 0 Å². The van der Waals surface area contributed by atoms with Gasteiger partial charge in [0, 0.05) is 52.4 Å². The zero-order valence-electron chi connectivity index (χ0n) is 23.4. The molecule has 2 aliphatic heterocycles. The molecule has 9 nitrogen and oxygen atoms in total. The Labute approximate surface area is 239 Å². The maximum Gasteiger partial charge on any atom is 0.236 e. The number of amides is 1. The molecule has 0 bridgehead atoms. The van der Waals surface area contributed by atoms with E-state index in [2.05, 4.69) is 25.8 Å². The lowest BCUT2D eigenvalue weighted by atomic mass is 10.0. The number of aromatic nitrogens is 3. The zero-order chi connectivity index (χ0) is 28.5. The average Bonchev–Trinajstić information content (AvgIpc) is 3.65. The minimum absolute atomic E-state index is 0.0635. The lowest BCUT2D eigenvalue weighted by Gasteiger charge is -2.36. The fourth-order valence-corrected chi connectivity index (χ4v) is 5.86. The van der Waals surface area contributed by atoms with E-state index in [-0.39, 0.29) is 17.8 Å². The molecular formula is C31H33FN8O. The first kappa shape index (κ1) is 26.7. The molecule has 0 spiro atoms. The van der Waals surface area contributed by atoms with Crippen LogP contribution in [-0.4, -0.2) is 83.7 Å². The molecular weight excluding hydrogens is 519 g/mol. The number of fused-ring (bicyclic) bond motifs is 1. The topological polar surface area (TPSA) is 84.0 Å². The van der Waals surface area contributed by atoms with E-state index in [1.165, 1.54) is 6.07 Å². The van der Waals surface area contributed by atoms with Crippen LogP contribution in [0.25, 0.3) is 16.9 Å². The fraction of sp³-hybridized carbons (Fsp3) is 0.355. The van der Waals surface area contributed by atoms with E-state index >= 15 is 0 Å². The van der Waals surface area contributed by atoms with E-state index < -0.39 is 0 Å². The number of rotatable bonds is 6. The largest absolute Gasteiger partial charge is 0.368 e. The molecule has 1 unspecified atom stereocenters. The van der Waals surface area contributed by atoms with Crippen molar-refractivity contribution in [2.24, 2.45) is 0 Å². The van der Waals surface area contributed by atoms with Crippen LogP contribution in [0.15, 0.2) is 60.8 Å². The Kier molecular flexibility index (Phi) is 7.28. The predicted octanol–water partition coefficient (Wildman–Crippen LogP) is 3.96. The summed E-state index contributed by atoms with van der Waals surface area (Å²) >= 11 is 0. The van der Waals surface area contributed by atoms with E-state index in [4.69, 9.17) is 5.10 Å². The summed E-state index contributed by atoms with van der Waals surface area (Å²) in [6.45, 7) is 4.27. The van der Waals surface area contributed by atoms with Gasteiger partial charge in [-0.25, -0.2) is 13.9 Å². The van der Waals surface area contributed by atoms with Crippen LogP contribution >= 0.6 is 0 Å². The van der Waals surface area contributed by atoms with Gasteiger partial charge >= 0.3 is 0 Å². The van der Waals surface area contributed by atoms with E-state index in [1.807, 2.05) is 40.9 Å². The van der Waals surface area contributed by atoms with Crippen molar-refractivity contribution in [3.8, 4) is 17.3 Å². The SMILES string of the molecule is CN(C)C(=O)CN1CCN(c2ccc(-c3cnc4ccc(N5CCCC5c5cccc(F)c5)nn34)cc2C#N)CC1. The van der Waals surface area contributed by atoms with Crippen LogP contribution in [0.2, 0.25) is 0 Å². The second-order valence-corrected chi connectivity index (χ2v) is 10.9. The third-order valence-corrected chi connectivity index (χ3v) is 8.11. The summed E-state index contributed by atoms with van der Waals surface area (Å²) < 4.78 is 15.8. The summed E-state index contributed by atoms with van der Waals surface area (Å²) in [6.07, 6.45) is 3.73. The smallest absolute Gasteiger partial charge is 0.236 e. The number of hydrogen-bond donors (Lipinski definition) is 0. The molecule has 210 valence electrons. The number of nitrogens with zero attached hydrogens (tertiary/aromatic N) is 8. The van der Waals surface area contributed by atoms with Gasteiger partial charge in [-0.2, -0.15) is 5.26 Å². The number of benzene rings is 2. The van der Waals surface area contributed by atoms with Crippen molar-refractivity contribution >= 4 is 23.1 Å². The monoisotopic (exact) mass is 552 g/mol. The molecule has 1 amide bonds. The van der Waals surface area contributed by atoms with Crippen LogP contribution in [0, 0.1) is 17.1 Å². The maximum absolute atomic E-state index is 14.0. The summed E-state index contributed by atoms with van der Waals surface area (Å²) in [6, 6.07) is 19.1. The quantitative estimate of drug-likeness (QED) is 0.358. The van der Waals surface area contributed by atoms with E-state index in [9.17, 15) is 14.4 Å². The second kappa shape index (κ2) is 11.2. The highest BCUT2D eigenvalue weighted by molar-refractivity contribution is 5.77. The van der Waals surface area contributed by atoms with Crippen molar-refractivity contribution in [1.29, 1.82) is 5.26 Å². The number of carbonyl (C=O) groups is 1. The van der Waals surface area contributed by atoms with Crippen molar-refractivity contribution in [1.82, 2.24) is 24.4 Å². The van der Waals surface area contributed by atoms with Crippen molar-refractivity contribution in [2.75, 3.05) is 63.2 Å². The molecule has 10 heteroatoms. The first-order valence-corrected chi connectivity index (χ1v) is 14.0. The van der Waals surface area contributed by atoms with E-state index in [1.54, 1.807) is 37.3 Å². The van der Waals surface area contributed by atoms with Crippen molar-refractivity contribution in [3.05, 3.63) is 77.7 Å². The molecule has 0 N–H and O–H groups in total. The number of likely N-dealkylation sites (N-methyl/N-ethyl adjacent to an activating group) is 1. The van der Waals surface area contributed by atoms with E-state index in [0.717, 1.165) is 79.5 Å². The van der Waals surface area contributed by atoms with Crippen LogP contribution < -0.4 is 9.80 Å². The van der Waals surface area contributed by atoms with Gasteiger partial charge in [-0.1, -0.05) is 18.2 Å². The minimum atomic E-state index is -0.229. The Hall–Kier alpha value is -4.49. The number of carbonyl (C=O) groups excluding carboxylic acids is 1. The number of halogens is 1. The van der Waals surface area contributed by atoms with Crippen LogP contribution in [0.4, 0.5) is 15.9 Å². The molecule has 0 aliphatic carbocycles. The highest BCUT2D eigenvalue weighted by atomic mass is 19.1. The zero-order valence-corrected chi connectivity index (χ0v) is 23.4. The highest BCUT2D eigenvalue weighted by Crippen LogP contribution is 2.36. The number of piperazine rings is 1. The number of hydrogen-bond acceptors (Lipinski definition) is 7. The van der Waals surface area contributed by atoms with Gasteiger partial charge in [0.05, 0.1) is 35.7 Å². The van der Waals surface area contributed by atoms with Gasteiger partial charge in [0.1, 0.15) is 17.7 Å². The number of nitriles is 1. The van der Waals surface area contributed by atoms with Gasteiger partial charge in [0.15, 0.2) is 5.65 Å². The number of imidazole rings is 1. The molecule has 41 heavy (non-hydrogen) atoms. The van der Waals surface area contributed by atoms with E-state index in [0.29, 0.717) is 12.1 Å². The van der Waals surface area contributed by atoms with Gasteiger partial charge in [-0.15, -0.1) is 5.10 Å². The lowest BCUT2D eigenvalue weighted by Crippen LogP contribution is -2.49. The first-order chi connectivity index (χ1) is 19.9. The Bertz CT molecular complexity index is 1620.